The molecule has 2 fully saturated rings. The second kappa shape index (κ2) is 9.65. The summed E-state index contributed by atoms with van der Waals surface area (Å²) < 4.78 is 0. The lowest BCUT2D eigenvalue weighted by molar-refractivity contribution is 0.0940. The predicted molar refractivity (Wildman–Crippen MR) is 124 cm³/mol. The van der Waals surface area contributed by atoms with Crippen LogP contribution in [0.5, 0.6) is 0 Å². The molecule has 0 saturated carbocycles. The number of piperidine rings is 1. The lowest BCUT2D eigenvalue weighted by atomic mass is 9.99. The maximum Gasteiger partial charge on any atom is 0.251 e. The van der Waals surface area contributed by atoms with Gasteiger partial charge in [0.05, 0.1) is 6.04 Å². The second-order valence-electron chi connectivity index (χ2n) is 9.16. The molecule has 4 nitrogen and oxygen atoms in total. The third-order valence-corrected chi connectivity index (χ3v) is 6.58. The lowest BCUT2D eigenvalue weighted by Crippen LogP contribution is -2.34. The molecule has 2 aliphatic rings. The Kier molecular flexibility index (Phi) is 6.73. The first-order chi connectivity index (χ1) is 14.6. The summed E-state index contributed by atoms with van der Waals surface area (Å²) >= 11 is 0. The Labute approximate surface area is 181 Å². The molecule has 2 heterocycles. The minimum Gasteiger partial charge on any atom is -0.371 e. The minimum atomic E-state index is -0.0175. The molecule has 4 rings (SSSR count). The second-order valence-corrected chi connectivity index (χ2v) is 9.16. The first-order valence-electron chi connectivity index (χ1n) is 11.6. The van der Waals surface area contributed by atoms with Crippen LogP contribution >= 0.6 is 0 Å². The number of nitrogens with one attached hydrogen (secondary N) is 1. The van der Waals surface area contributed by atoms with Crippen LogP contribution in [0.25, 0.3) is 0 Å². The number of anilines is 1. The van der Waals surface area contributed by atoms with Crippen molar-refractivity contribution in [3.05, 3.63) is 65.2 Å². The van der Waals surface area contributed by atoms with Gasteiger partial charge in [-0.15, -0.1) is 0 Å². The summed E-state index contributed by atoms with van der Waals surface area (Å²) in [6.45, 7) is 10.0. The van der Waals surface area contributed by atoms with Crippen molar-refractivity contribution in [1.82, 2.24) is 10.2 Å². The van der Waals surface area contributed by atoms with Crippen molar-refractivity contribution in [2.75, 3.05) is 31.1 Å². The maximum absolute atomic E-state index is 12.7. The number of likely N-dealkylation sites (tertiary alicyclic amines) is 1. The smallest absolute Gasteiger partial charge is 0.251 e. The average Bonchev–Trinajstić information content (AvgIpc) is 3.27. The van der Waals surface area contributed by atoms with E-state index in [9.17, 15) is 4.79 Å². The topological polar surface area (TPSA) is 35.6 Å². The number of nitrogens with zero attached hydrogens (tertiary/aromatic N) is 2. The lowest BCUT2D eigenvalue weighted by Gasteiger charge is -2.33. The quantitative estimate of drug-likeness (QED) is 0.734. The van der Waals surface area contributed by atoms with E-state index in [0.717, 1.165) is 36.7 Å². The van der Waals surface area contributed by atoms with Crippen LogP contribution in [0.2, 0.25) is 0 Å². The molecule has 1 amide bonds. The van der Waals surface area contributed by atoms with Crippen molar-refractivity contribution in [1.29, 1.82) is 0 Å². The fourth-order valence-corrected chi connectivity index (χ4v) is 4.72. The largest absolute Gasteiger partial charge is 0.371 e. The van der Waals surface area contributed by atoms with Gasteiger partial charge < -0.3 is 10.2 Å². The Morgan fingerprint density at radius 1 is 1.00 bits per heavy atom. The Bertz CT molecular complexity index is 824. The number of rotatable bonds is 6. The summed E-state index contributed by atoms with van der Waals surface area (Å²) in [4.78, 5) is 17.7. The molecule has 2 aliphatic heterocycles. The van der Waals surface area contributed by atoms with Crippen LogP contribution < -0.4 is 10.2 Å². The SMILES string of the molecule is C[C@H]1CCCN(c2ccc([C@H](C)NC(=O)c3ccc(CN4CCCC4)cc3)cc2)C1. The van der Waals surface area contributed by atoms with Gasteiger partial charge in [0.25, 0.3) is 5.91 Å². The van der Waals surface area contributed by atoms with Gasteiger partial charge in [0.15, 0.2) is 0 Å². The van der Waals surface area contributed by atoms with Crippen LogP contribution in [-0.2, 0) is 6.54 Å². The van der Waals surface area contributed by atoms with Gasteiger partial charge >= 0.3 is 0 Å². The zero-order valence-corrected chi connectivity index (χ0v) is 18.4. The van der Waals surface area contributed by atoms with Crippen molar-refractivity contribution in [2.45, 2.75) is 52.1 Å². The van der Waals surface area contributed by atoms with Crippen LogP contribution in [0.15, 0.2) is 48.5 Å². The molecule has 1 N–H and O–H groups in total. The molecule has 0 spiro atoms. The fraction of sp³-hybridized carbons (Fsp3) is 0.500. The summed E-state index contributed by atoms with van der Waals surface area (Å²) in [6.07, 6.45) is 5.20. The number of benzene rings is 2. The van der Waals surface area contributed by atoms with E-state index in [1.165, 1.54) is 50.0 Å². The Balaban J connectivity index is 1.32. The van der Waals surface area contributed by atoms with E-state index in [1.54, 1.807) is 0 Å². The van der Waals surface area contributed by atoms with Crippen molar-refractivity contribution in [3.63, 3.8) is 0 Å². The third kappa shape index (κ3) is 5.23. The van der Waals surface area contributed by atoms with Gasteiger partial charge in [-0.25, -0.2) is 0 Å². The van der Waals surface area contributed by atoms with Crippen molar-refractivity contribution in [2.24, 2.45) is 5.92 Å². The molecule has 2 aromatic carbocycles. The Hall–Kier alpha value is -2.33. The van der Waals surface area contributed by atoms with E-state index in [1.807, 2.05) is 12.1 Å². The summed E-state index contributed by atoms with van der Waals surface area (Å²) in [7, 11) is 0. The number of amides is 1. The highest BCUT2D eigenvalue weighted by molar-refractivity contribution is 5.94. The van der Waals surface area contributed by atoms with E-state index < -0.39 is 0 Å². The Morgan fingerprint density at radius 3 is 2.37 bits per heavy atom. The predicted octanol–water partition coefficient (Wildman–Crippen LogP) is 5.01. The van der Waals surface area contributed by atoms with Crippen molar-refractivity contribution in [3.8, 4) is 0 Å². The monoisotopic (exact) mass is 405 g/mol. The Morgan fingerprint density at radius 2 is 1.70 bits per heavy atom. The summed E-state index contributed by atoms with van der Waals surface area (Å²) in [5, 5.41) is 3.15. The molecule has 0 aliphatic carbocycles. The summed E-state index contributed by atoms with van der Waals surface area (Å²) in [6, 6.07) is 16.8. The van der Waals surface area contributed by atoms with Crippen molar-refractivity contribution < 1.29 is 4.79 Å². The van der Waals surface area contributed by atoms with E-state index in [2.05, 4.69) is 65.4 Å². The molecule has 0 bridgehead atoms. The zero-order valence-electron chi connectivity index (χ0n) is 18.4. The van der Waals surface area contributed by atoms with Gasteiger partial charge in [-0.3, -0.25) is 9.69 Å². The van der Waals surface area contributed by atoms with Crippen LogP contribution in [0.4, 0.5) is 5.69 Å². The average molecular weight is 406 g/mol. The normalized spacial score (nSPS) is 20.9. The molecular weight excluding hydrogens is 370 g/mol. The van der Waals surface area contributed by atoms with Crippen LogP contribution in [-0.4, -0.2) is 37.0 Å². The highest BCUT2D eigenvalue weighted by Gasteiger charge is 2.17. The number of hydrogen-bond donors (Lipinski definition) is 1. The van der Waals surface area contributed by atoms with Crippen molar-refractivity contribution >= 4 is 11.6 Å². The molecule has 0 unspecified atom stereocenters. The van der Waals surface area contributed by atoms with Gasteiger partial charge in [-0.2, -0.15) is 0 Å². The molecule has 30 heavy (non-hydrogen) atoms. The maximum atomic E-state index is 12.7. The van der Waals surface area contributed by atoms with Gasteiger partial charge in [0, 0.05) is 30.9 Å². The standard InChI is InChI=1S/C26H35N3O/c1-20-6-5-17-29(18-20)25-13-11-23(12-14-25)21(2)27-26(30)24-9-7-22(8-10-24)19-28-15-3-4-16-28/h7-14,20-21H,3-6,15-19H2,1-2H3,(H,27,30)/t20-,21-/m0/s1. The number of carbonyl (C=O) groups is 1. The first-order valence-corrected chi connectivity index (χ1v) is 11.6. The molecule has 2 aromatic rings. The highest BCUT2D eigenvalue weighted by Crippen LogP contribution is 2.25. The van der Waals surface area contributed by atoms with Gasteiger partial charge in [0.2, 0.25) is 0 Å². The molecule has 4 heteroatoms. The van der Waals surface area contributed by atoms with Crippen LogP contribution in [0, 0.1) is 5.92 Å². The zero-order chi connectivity index (χ0) is 20.9. The highest BCUT2D eigenvalue weighted by atomic mass is 16.1. The molecular formula is C26H35N3O. The molecule has 160 valence electrons. The van der Waals surface area contributed by atoms with Gasteiger partial charge in [-0.05, 0) is 87.0 Å². The minimum absolute atomic E-state index is 0.0100. The first kappa shape index (κ1) is 20.9. The van der Waals surface area contributed by atoms with Gasteiger partial charge in [-0.1, -0.05) is 31.2 Å². The number of hydrogen-bond acceptors (Lipinski definition) is 3. The summed E-state index contributed by atoms with van der Waals surface area (Å²) in [5.74, 6) is 0.752. The number of carbonyl (C=O) groups excluding carboxylic acids is 1. The van der Waals surface area contributed by atoms with E-state index in [-0.39, 0.29) is 11.9 Å². The van der Waals surface area contributed by atoms with Gasteiger partial charge in [0.1, 0.15) is 0 Å². The molecule has 0 radical (unpaired) electrons. The van der Waals surface area contributed by atoms with Crippen LogP contribution in [0.3, 0.4) is 0 Å². The van der Waals surface area contributed by atoms with E-state index in [0.29, 0.717) is 0 Å². The molecule has 0 aromatic heterocycles. The summed E-state index contributed by atoms with van der Waals surface area (Å²) in [5.41, 5.74) is 4.44. The van der Waals surface area contributed by atoms with E-state index >= 15 is 0 Å². The molecule has 2 saturated heterocycles. The fourth-order valence-electron chi connectivity index (χ4n) is 4.72. The molecule has 2 atom stereocenters. The third-order valence-electron chi connectivity index (χ3n) is 6.58. The van der Waals surface area contributed by atoms with Crippen LogP contribution in [0.1, 0.15) is 67.1 Å². The van der Waals surface area contributed by atoms with E-state index in [4.69, 9.17) is 0 Å².